The van der Waals surface area contributed by atoms with Gasteiger partial charge in [-0.3, -0.25) is 0 Å². The number of aromatic nitrogens is 2. The van der Waals surface area contributed by atoms with Crippen LogP contribution in [0, 0.1) is 6.92 Å². The Balaban J connectivity index is 2.61. The molecule has 1 aromatic heterocycles. The number of benzene rings is 1. The molecule has 0 saturated heterocycles. The fraction of sp³-hybridized carbons (Fsp3) is 0.308. The van der Waals surface area contributed by atoms with Crippen LogP contribution in [0.25, 0.3) is 5.69 Å². The van der Waals surface area contributed by atoms with Gasteiger partial charge in [0, 0.05) is 5.02 Å². The second kappa shape index (κ2) is 4.17. The molecule has 0 aliphatic carbocycles. The molecule has 90 valence electrons. The number of hydrogen-bond acceptors (Lipinski definition) is 2. The van der Waals surface area contributed by atoms with Gasteiger partial charge in [-0.25, -0.2) is 4.98 Å². The molecular weight excluding hydrogens is 234 g/mol. The van der Waals surface area contributed by atoms with Crippen LogP contribution in [0.1, 0.15) is 25.1 Å². The molecule has 1 heterocycles. The fourth-order valence-corrected chi connectivity index (χ4v) is 1.97. The minimum atomic E-state index is -0.439. The van der Waals surface area contributed by atoms with E-state index in [-0.39, 0.29) is 0 Å². The van der Waals surface area contributed by atoms with E-state index in [1.165, 1.54) is 0 Å². The van der Waals surface area contributed by atoms with E-state index in [2.05, 4.69) is 4.98 Å². The zero-order valence-corrected chi connectivity index (χ0v) is 11.0. The summed E-state index contributed by atoms with van der Waals surface area (Å²) in [7, 11) is 0. The van der Waals surface area contributed by atoms with Crippen LogP contribution in [0.2, 0.25) is 5.02 Å². The molecule has 0 unspecified atom stereocenters. The lowest BCUT2D eigenvalue weighted by atomic mass is 10.0. The maximum absolute atomic E-state index is 6.13. The second-order valence-electron chi connectivity index (χ2n) is 4.80. The quantitative estimate of drug-likeness (QED) is 0.889. The van der Waals surface area contributed by atoms with Crippen molar-refractivity contribution < 1.29 is 0 Å². The van der Waals surface area contributed by atoms with Gasteiger partial charge in [-0.15, -0.1) is 0 Å². The number of imidazole rings is 1. The lowest BCUT2D eigenvalue weighted by Gasteiger charge is -2.21. The van der Waals surface area contributed by atoms with Gasteiger partial charge < -0.3 is 10.3 Å². The minimum Gasteiger partial charge on any atom is -0.321 e. The van der Waals surface area contributed by atoms with Crippen molar-refractivity contribution in [3.05, 3.63) is 47.0 Å². The van der Waals surface area contributed by atoms with Crippen molar-refractivity contribution in [3.63, 3.8) is 0 Å². The lowest BCUT2D eigenvalue weighted by Crippen LogP contribution is -2.31. The van der Waals surface area contributed by atoms with Gasteiger partial charge in [-0.05, 0) is 38.5 Å². The zero-order chi connectivity index (χ0) is 12.6. The molecule has 0 atom stereocenters. The fourth-order valence-electron chi connectivity index (χ4n) is 1.81. The van der Waals surface area contributed by atoms with Gasteiger partial charge in [0.15, 0.2) is 0 Å². The predicted molar refractivity (Wildman–Crippen MR) is 70.5 cm³/mol. The standard InChI is InChI=1S/C13H16ClN3/c1-9-4-5-10(14)6-11(9)17-8-16-7-12(17)13(2,3)15/h4-8H,15H2,1-3H3. The van der Waals surface area contributed by atoms with E-state index in [0.717, 1.165) is 16.9 Å². The van der Waals surface area contributed by atoms with Crippen molar-refractivity contribution >= 4 is 11.6 Å². The molecule has 2 aromatic rings. The highest BCUT2D eigenvalue weighted by Gasteiger charge is 2.20. The van der Waals surface area contributed by atoms with Crippen LogP contribution in [0.4, 0.5) is 0 Å². The Hall–Kier alpha value is -1.32. The Labute approximate surface area is 106 Å². The van der Waals surface area contributed by atoms with Gasteiger partial charge in [-0.1, -0.05) is 17.7 Å². The highest BCUT2D eigenvalue weighted by molar-refractivity contribution is 6.30. The van der Waals surface area contributed by atoms with Gasteiger partial charge in [0.25, 0.3) is 0 Å². The Bertz CT molecular complexity index is 538. The number of rotatable bonds is 2. The van der Waals surface area contributed by atoms with Crippen molar-refractivity contribution in [2.45, 2.75) is 26.3 Å². The highest BCUT2D eigenvalue weighted by atomic mass is 35.5. The smallest absolute Gasteiger partial charge is 0.0994 e. The average molecular weight is 250 g/mol. The van der Waals surface area contributed by atoms with Crippen LogP contribution in [0.5, 0.6) is 0 Å². The summed E-state index contributed by atoms with van der Waals surface area (Å²) in [6.45, 7) is 5.96. The molecule has 0 saturated carbocycles. The maximum atomic E-state index is 6.13. The lowest BCUT2D eigenvalue weighted by molar-refractivity contribution is 0.524. The Morgan fingerprint density at radius 1 is 1.35 bits per heavy atom. The van der Waals surface area contributed by atoms with Gasteiger partial charge in [-0.2, -0.15) is 0 Å². The summed E-state index contributed by atoms with van der Waals surface area (Å²) in [6.07, 6.45) is 3.56. The number of hydrogen-bond donors (Lipinski definition) is 1. The molecule has 0 amide bonds. The zero-order valence-electron chi connectivity index (χ0n) is 10.2. The second-order valence-corrected chi connectivity index (χ2v) is 5.24. The third-order valence-electron chi connectivity index (χ3n) is 2.73. The van der Waals surface area contributed by atoms with E-state index in [0.29, 0.717) is 5.02 Å². The van der Waals surface area contributed by atoms with Crippen LogP contribution in [-0.2, 0) is 5.54 Å². The first-order valence-electron chi connectivity index (χ1n) is 5.48. The van der Waals surface area contributed by atoms with Gasteiger partial charge in [0.2, 0.25) is 0 Å². The van der Waals surface area contributed by atoms with Crippen molar-refractivity contribution in [2.75, 3.05) is 0 Å². The molecule has 0 fully saturated rings. The summed E-state index contributed by atoms with van der Waals surface area (Å²) in [4.78, 5) is 4.18. The molecule has 0 spiro atoms. The van der Waals surface area contributed by atoms with Gasteiger partial charge >= 0.3 is 0 Å². The van der Waals surface area contributed by atoms with E-state index in [4.69, 9.17) is 17.3 Å². The molecule has 0 radical (unpaired) electrons. The topological polar surface area (TPSA) is 43.8 Å². The van der Waals surface area contributed by atoms with Crippen molar-refractivity contribution in [3.8, 4) is 5.69 Å². The number of nitrogens with two attached hydrogens (primary N) is 1. The molecule has 2 rings (SSSR count). The molecular formula is C13H16ClN3. The highest BCUT2D eigenvalue weighted by Crippen LogP contribution is 2.24. The van der Waals surface area contributed by atoms with Crippen LogP contribution in [0.15, 0.2) is 30.7 Å². The average Bonchev–Trinajstić information content (AvgIpc) is 2.69. The molecule has 0 aliphatic heterocycles. The molecule has 3 nitrogen and oxygen atoms in total. The Morgan fingerprint density at radius 3 is 2.71 bits per heavy atom. The molecule has 1 aromatic carbocycles. The predicted octanol–water partition coefficient (Wildman–Crippen LogP) is 3.03. The van der Waals surface area contributed by atoms with Crippen molar-refractivity contribution in [1.29, 1.82) is 0 Å². The summed E-state index contributed by atoms with van der Waals surface area (Å²) in [5, 5.41) is 0.708. The third kappa shape index (κ3) is 2.35. The largest absolute Gasteiger partial charge is 0.321 e. The summed E-state index contributed by atoms with van der Waals surface area (Å²) >= 11 is 6.04. The SMILES string of the molecule is Cc1ccc(Cl)cc1-n1cncc1C(C)(C)N. The summed E-state index contributed by atoms with van der Waals surface area (Å²) in [6, 6.07) is 5.79. The third-order valence-corrected chi connectivity index (χ3v) is 2.96. The summed E-state index contributed by atoms with van der Waals surface area (Å²) in [5.41, 5.74) is 8.81. The number of halogens is 1. The molecule has 4 heteroatoms. The van der Waals surface area contributed by atoms with Crippen LogP contribution in [-0.4, -0.2) is 9.55 Å². The monoisotopic (exact) mass is 249 g/mol. The van der Waals surface area contributed by atoms with Crippen LogP contribution in [0.3, 0.4) is 0 Å². The van der Waals surface area contributed by atoms with E-state index in [9.17, 15) is 0 Å². The summed E-state index contributed by atoms with van der Waals surface area (Å²) < 4.78 is 1.99. The van der Waals surface area contributed by atoms with Crippen molar-refractivity contribution in [2.24, 2.45) is 5.73 Å². The van der Waals surface area contributed by atoms with E-state index < -0.39 is 5.54 Å². The first-order chi connectivity index (χ1) is 7.89. The molecule has 17 heavy (non-hydrogen) atoms. The molecule has 0 bridgehead atoms. The van der Waals surface area contributed by atoms with E-state index in [1.54, 1.807) is 12.5 Å². The Morgan fingerprint density at radius 2 is 2.06 bits per heavy atom. The van der Waals surface area contributed by atoms with Crippen molar-refractivity contribution in [1.82, 2.24) is 9.55 Å². The molecule has 0 aliphatic rings. The Kier molecular flexibility index (Phi) is 2.98. The summed E-state index contributed by atoms with van der Waals surface area (Å²) in [5.74, 6) is 0. The minimum absolute atomic E-state index is 0.439. The number of aryl methyl sites for hydroxylation is 1. The maximum Gasteiger partial charge on any atom is 0.0994 e. The first-order valence-corrected chi connectivity index (χ1v) is 5.85. The van der Waals surface area contributed by atoms with Crippen LogP contribution < -0.4 is 5.73 Å². The molecule has 2 N–H and O–H groups in total. The van der Waals surface area contributed by atoms with Gasteiger partial charge in [0.05, 0.1) is 29.4 Å². The normalized spacial score (nSPS) is 11.8. The van der Waals surface area contributed by atoms with Gasteiger partial charge in [0.1, 0.15) is 0 Å². The van der Waals surface area contributed by atoms with E-state index in [1.807, 2.05) is 43.5 Å². The van der Waals surface area contributed by atoms with Crippen LogP contribution >= 0.6 is 11.6 Å². The number of nitrogens with zero attached hydrogens (tertiary/aromatic N) is 2. The van der Waals surface area contributed by atoms with E-state index >= 15 is 0 Å². The first kappa shape index (κ1) is 12.1.